The largest absolute Gasteiger partial charge is 0.465 e. The molecule has 0 amide bonds. The Morgan fingerprint density at radius 3 is 2.11 bits per heavy atom. The second-order valence-electron chi connectivity index (χ2n) is 11.8. The fourth-order valence-electron chi connectivity index (χ4n) is 7.91. The van der Waals surface area contributed by atoms with Crippen LogP contribution in [0, 0.1) is 40.9 Å². The van der Waals surface area contributed by atoms with E-state index in [0.29, 0.717) is 31.1 Å². The van der Waals surface area contributed by atoms with Crippen molar-refractivity contribution in [3.05, 3.63) is 0 Å². The minimum atomic E-state index is -5.97. The van der Waals surface area contributed by atoms with Crippen LogP contribution in [-0.2, 0) is 38.7 Å². The smallest absolute Gasteiger partial charge is 0.463 e. The number of esters is 3. The first-order valence-electron chi connectivity index (χ1n) is 12.9. The molecule has 0 aromatic heterocycles. The fourth-order valence-corrected chi connectivity index (χ4v) is 8.17. The van der Waals surface area contributed by atoms with Crippen LogP contribution >= 0.6 is 0 Å². The minimum absolute atomic E-state index is 0.0923. The van der Waals surface area contributed by atoms with Crippen LogP contribution in [0.1, 0.15) is 57.8 Å². The summed E-state index contributed by atoms with van der Waals surface area (Å²) in [6, 6.07) is 0. The predicted molar refractivity (Wildman–Crippen MR) is 119 cm³/mol. The molecule has 6 unspecified atom stereocenters. The van der Waals surface area contributed by atoms with Gasteiger partial charge in [0.1, 0.15) is 25.4 Å². The third-order valence-corrected chi connectivity index (χ3v) is 10.1. The van der Waals surface area contributed by atoms with Gasteiger partial charge in [-0.15, -0.1) is 0 Å². The van der Waals surface area contributed by atoms with Crippen molar-refractivity contribution < 1.29 is 55.5 Å². The molecule has 6 bridgehead atoms. The maximum atomic E-state index is 13.7. The molecule has 37 heavy (non-hydrogen) atoms. The molecule has 6 aliphatic rings. The topological polar surface area (TPSA) is 154 Å². The number of carbonyl (C=O) groups is 3. The van der Waals surface area contributed by atoms with Crippen molar-refractivity contribution in [2.24, 2.45) is 40.9 Å². The highest BCUT2D eigenvalue weighted by Crippen LogP contribution is 2.61. The van der Waals surface area contributed by atoms with Crippen molar-refractivity contribution in [2.75, 3.05) is 13.2 Å². The molecular formula is C24H32F2O10S. The number of ether oxygens (including phenoxy) is 3. The summed E-state index contributed by atoms with van der Waals surface area (Å²) in [5.74, 6) is -3.17. The molecule has 6 atom stereocenters. The van der Waals surface area contributed by atoms with E-state index in [9.17, 15) is 36.7 Å². The lowest BCUT2D eigenvalue weighted by Gasteiger charge is -2.57. The standard InChI is InChI=1S/C24H32F2O10S/c25-24(26,37(31,32)33)22(30)36-19-15-4-13-5-16(19)9-23(7-13,8-15)21(29)35-11-17(27)10-34-20(28)18-6-12-1-2-14(18)3-12/h12-19,27H,1-11H2,(H,31,32,33). The van der Waals surface area contributed by atoms with Crippen molar-refractivity contribution >= 4 is 28.0 Å². The van der Waals surface area contributed by atoms with E-state index in [1.165, 1.54) is 0 Å². The van der Waals surface area contributed by atoms with E-state index in [-0.39, 0.29) is 43.9 Å². The van der Waals surface area contributed by atoms with Gasteiger partial charge in [-0.3, -0.25) is 14.1 Å². The third kappa shape index (κ3) is 4.87. The van der Waals surface area contributed by atoms with E-state index >= 15 is 0 Å². The average molecular weight is 551 g/mol. The first-order chi connectivity index (χ1) is 17.3. The second-order valence-corrected chi connectivity index (χ2v) is 13.2. The normalized spacial score (nSPS) is 38.9. The predicted octanol–water partition coefficient (Wildman–Crippen LogP) is 2.09. The van der Waals surface area contributed by atoms with Crippen LogP contribution in [0.3, 0.4) is 0 Å². The Kier molecular flexibility index (Phi) is 6.80. The van der Waals surface area contributed by atoms with Gasteiger partial charge in [0, 0.05) is 0 Å². The van der Waals surface area contributed by atoms with Gasteiger partial charge < -0.3 is 19.3 Å². The molecule has 0 spiro atoms. The number of aliphatic hydroxyl groups excluding tert-OH is 1. The molecule has 0 radical (unpaired) electrons. The first kappa shape index (κ1) is 26.7. The molecule has 2 N–H and O–H groups in total. The minimum Gasteiger partial charge on any atom is -0.463 e. The summed E-state index contributed by atoms with van der Waals surface area (Å²) in [5.41, 5.74) is -0.912. The number of halogens is 2. The van der Waals surface area contributed by atoms with Crippen molar-refractivity contribution in [1.82, 2.24) is 0 Å². The molecule has 0 aromatic rings. The molecule has 6 fully saturated rings. The van der Waals surface area contributed by atoms with Crippen molar-refractivity contribution in [2.45, 2.75) is 75.2 Å². The molecule has 6 rings (SSSR count). The van der Waals surface area contributed by atoms with Gasteiger partial charge in [-0.1, -0.05) is 6.42 Å². The molecule has 0 aromatic carbocycles. The molecule has 13 heteroatoms. The molecule has 6 saturated carbocycles. The zero-order chi connectivity index (χ0) is 26.8. The number of carbonyl (C=O) groups excluding carboxylic acids is 3. The number of aliphatic hydroxyl groups is 1. The molecule has 0 saturated heterocycles. The van der Waals surface area contributed by atoms with Gasteiger partial charge in [0.05, 0.1) is 11.3 Å². The SMILES string of the molecule is O=C(OCC(O)COC(=O)C12CC3CC(C1)C(OC(=O)C(F)(F)S(=O)(=O)O)C(C3)C2)C1CC2CCC1C2. The summed E-state index contributed by atoms with van der Waals surface area (Å²) < 4.78 is 73.4. The summed E-state index contributed by atoms with van der Waals surface area (Å²) in [6.07, 6.45) is 3.88. The van der Waals surface area contributed by atoms with Crippen molar-refractivity contribution in [3.8, 4) is 0 Å². The summed E-state index contributed by atoms with van der Waals surface area (Å²) >= 11 is 0. The van der Waals surface area contributed by atoms with E-state index in [1.807, 2.05) is 0 Å². The van der Waals surface area contributed by atoms with E-state index in [0.717, 1.165) is 25.7 Å². The van der Waals surface area contributed by atoms with Crippen molar-refractivity contribution in [1.29, 1.82) is 0 Å². The van der Waals surface area contributed by atoms with Gasteiger partial charge in [-0.25, -0.2) is 4.79 Å². The molecule has 6 aliphatic carbocycles. The molecular weight excluding hydrogens is 518 g/mol. The van der Waals surface area contributed by atoms with E-state index < -0.39 is 56.8 Å². The Bertz CT molecular complexity index is 1050. The van der Waals surface area contributed by atoms with Gasteiger partial charge in [0.2, 0.25) is 0 Å². The summed E-state index contributed by atoms with van der Waals surface area (Å²) in [4.78, 5) is 37.3. The zero-order valence-electron chi connectivity index (χ0n) is 20.2. The molecule has 0 aliphatic heterocycles. The average Bonchev–Trinajstić information content (AvgIpc) is 3.46. The van der Waals surface area contributed by atoms with Gasteiger partial charge in [0.25, 0.3) is 0 Å². The van der Waals surface area contributed by atoms with Crippen LogP contribution in [0.25, 0.3) is 0 Å². The van der Waals surface area contributed by atoms with Gasteiger partial charge in [-0.2, -0.15) is 17.2 Å². The summed E-state index contributed by atoms with van der Waals surface area (Å²) in [5, 5.41) is 5.16. The lowest BCUT2D eigenvalue weighted by Crippen LogP contribution is -2.58. The van der Waals surface area contributed by atoms with E-state index in [2.05, 4.69) is 0 Å². The summed E-state index contributed by atoms with van der Waals surface area (Å²) in [7, 11) is -5.97. The monoisotopic (exact) mass is 550 g/mol. The maximum Gasteiger partial charge on any atom is 0.465 e. The van der Waals surface area contributed by atoms with Crippen LogP contribution in [0.15, 0.2) is 0 Å². The van der Waals surface area contributed by atoms with Crippen LogP contribution in [0.5, 0.6) is 0 Å². The lowest BCUT2D eigenvalue weighted by atomic mass is 9.48. The highest BCUT2D eigenvalue weighted by molar-refractivity contribution is 7.87. The third-order valence-electron chi connectivity index (χ3n) is 9.29. The lowest BCUT2D eigenvalue weighted by molar-refractivity contribution is -0.204. The van der Waals surface area contributed by atoms with Gasteiger partial charge in [0.15, 0.2) is 0 Å². The number of hydrogen-bond donors (Lipinski definition) is 2. The van der Waals surface area contributed by atoms with Gasteiger partial charge in [-0.05, 0) is 81.0 Å². The Balaban J connectivity index is 1.13. The van der Waals surface area contributed by atoms with Gasteiger partial charge >= 0.3 is 33.3 Å². The number of alkyl halides is 2. The zero-order valence-corrected chi connectivity index (χ0v) is 21.0. The number of hydrogen-bond acceptors (Lipinski definition) is 9. The second kappa shape index (κ2) is 9.41. The number of rotatable bonds is 9. The van der Waals surface area contributed by atoms with E-state index in [1.54, 1.807) is 0 Å². The fraction of sp³-hybridized carbons (Fsp3) is 0.875. The molecule has 0 heterocycles. The first-order valence-corrected chi connectivity index (χ1v) is 14.3. The Morgan fingerprint density at radius 1 is 0.919 bits per heavy atom. The Hall–Kier alpha value is -1.86. The van der Waals surface area contributed by atoms with Crippen LogP contribution in [0.2, 0.25) is 0 Å². The van der Waals surface area contributed by atoms with Crippen molar-refractivity contribution in [3.63, 3.8) is 0 Å². The highest BCUT2D eigenvalue weighted by Gasteiger charge is 2.62. The molecule has 10 nitrogen and oxygen atoms in total. The quantitative estimate of drug-likeness (QED) is 0.248. The molecule has 208 valence electrons. The summed E-state index contributed by atoms with van der Waals surface area (Å²) in [6.45, 7) is -0.634. The highest BCUT2D eigenvalue weighted by atomic mass is 32.2. The van der Waals surface area contributed by atoms with Crippen LogP contribution in [0.4, 0.5) is 8.78 Å². The van der Waals surface area contributed by atoms with Crippen LogP contribution in [-0.4, -0.2) is 66.7 Å². The number of fused-ring (bicyclic) bond motifs is 2. The maximum absolute atomic E-state index is 13.7. The van der Waals surface area contributed by atoms with E-state index in [4.69, 9.17) is 18.8 Å². The Morgan fingerprint density at radius 2 is 1.54 bits per heavy atom. The van der Waals surface area contributed by atoms with Crippen LogP contribution < -0.4 is 0 Å². The Labute approximate surface area is 213 Å².